The van der Waals surface area contributed by atoms with Gasteiger partial charge in [0.05, 0.1) is 17.8 Å². The zero-order valence-corrected chi connectivity index (χ0v) is 15.6. The predicted octanol–water partition coefficient (Wildman–Crippen LogP) is 3.68. The van der Waals surface area contributed by atoms with Gasteiger partial charge in [0.2, 0.25) is 5.91 Å². The third-order valence-corrected chi connectivity index (χ3v) is 5.92. The molecule has 136 valence electrons. The lowest BCUT2D eigenvalue weighted by Gasteiger charge is -2.15. The molecule has 0 radical (unpaired) electrons. The van der Waals surface area contributed by atoms with E-state index >= 15 is 0 Å². The molecule has 0 N–H and O–H groups in total. The van der Waals surface area contributed by atoms with Crippen LogP contribution in [0.2, 0.25) is 0 Å². The molecule has 2 aliphatic rings. The minimum atomic E-state index is 0.251. The molecule has 0 bridgehead atoms. The number of hydrogen-bond acceptors (Lipinski definition) is 4. The van der Waals surface area contributed by atoms with Crippen molar-refractivity contribution in [3.63, 3.8) is 0 Å². The van der Waals surface area contributed by atoms with E-state index in [4.69, 9.17) is 0 Å². The summed E-state index contributed by atoms with van der Waals surface area (Å²) in [5.41, 5.74) is 6.85. The molecule has 5 heteroatoms. The molecular formula is C22H22N4O. The zero-order valence-electron chi connectivity index (χ0n) is 15.6. The maximum absolute atomic E-state index is 12.8. The predicted molar refractivity (Wildman–Crippen MR) is 103 cm³/mol. The summed E-state index contributed by atoms with van der Waals surface area (Å²) in [7, 11) is 0. The van der Waals surface area contributed by atoms with Crippen LogP contribution >= 0.6 is 0 Å². The van der Waals surface area contributed by atoms with Crippen LogP contribution in [0.3, 0.4) is 0 Å². The van der Waals surface area contributed by atoms with Crippen molar-refractivity contribution in [2.75, 3.05) is 0 Å². The smallest absolute Gasteiger partial charge is 0.223 e. The van der Waals surface area contributed by atoms with E-state index in [1.54, 1.807) is 6.33 Å². The summed E-state index contributed by atoms with van der Waals surface area (Å²) in [5, 5.41) is 1.06. The van der Waals surface area contributed by atoms with Gasteiger partial charge in [-0.05, 0) is 60.9 Å². The molecule has 2 atom stereocenters. The fourth-order valence-electron chi connectivity index (χ4n) is 4.35. The van der Waals surface area contributed by atoms with Gasteiger partial charge in [0.1, 0.15) is 6.33 Å². The molecule has 27 heavy (non-hydrogen) atoms. The summed E-state index contributed by atoms with van der Waals surface area (Å²) in [5.74, 6) is 1.16. The molecule has 3 aromatic rings. The Morgan fingerprint density at radius 1 is 1.22 bits per heavy atom. The first-order valence-electron chi connectivity index (χ1n) is 9.52. The van der Waals surface area contributed by atoms with Crippen molar-refractivity contribution in [2.45, 2.75) is 45.7 Å². The Morgan fingerprint density at radius 3 is 3.00 bits per heavy atom. The number of rotatable bonds is 3. The first-order valence-corrected chi connectivity index (χ1v) is 9.52. The molecular weight excluding hydrogens is 336 g/mol. The van der Waals surface area contributed by atoms with Gasteiger partial charge in [-0.25, -0.2) is 9.97 Å². The van der Waals surface area contributed by atoms with Crippen LogP contribution in [0.1, 0.15) is 46.8 Å². The highest BCUT2D eigenvalue weighted by Crippen LogP contribution is 2.50. The van der Waals surface area contributed by atoms with Crippen LogP contribution in [0.25, 0.3) is 10.9 Å². The lowest BCUT2D eigenvalue weighted by atomic mass is 10.1. The second-order valence-electron chi connectivity index (χ2n) is 7.90. The van der Waals surface area contributed by atoms with Crippen LogP contribution in [-0.2, 0) is 17.9 Å². The van der Waals surface area contributed by atoms with E-state index in [-0.39, 0.29) is 5.91 Å². The number of amides is 1. The molecule has 1 fully saturated rings. The first-order chi connectivity index (χ1) is 13.1. The Morgan fingerprint density at radius 2 is 2.11 bits per heavy atom. The highest BCUT2D eigenvalue weighted by Gasteiger charge is 2.41. The van der Waals surface area contributed by atoms with Crippen LogP contribution < -0.4 is 0 Å². The number of hydrogen-bond donors (Lipinski definition) is 0. The van der Waals surface area contributed by atoms with E-state index < -0.39 is 0 Å². The highest BCUT2D eigenvalue weighted by molar-refractivity contribution is 5.79. The van der Waals surface area contributed by atoms with Gasteiger partial charge in [-0.15, -0.1) is 0 Å². The standard InChI is InChI=1S/C22H22N4O/c1-13-5-14(2)25-21-11-26(10-19(13)21)22(27)8-17-6-18(17)15-3-4-16-9-23-12-24-20(16)7-15/h3-5,7,9,12,17-18H,6,8,10-11H2,1-2H3/t17-,18-/m0/s1. The van der Waals surface area contributed by atoms with Crippen molar-refractivity contribution in [3.05, 3.63) is 64.9 Å². The molecule has 1 aliphatic heterocycles. The number of nitrogens with zero attached hydrogens (tertiary/aromatic N) is 4. The van der Waals surface area contributed by atoms with Gasteiger partial charge in [0.15, 0.2) is 0 Å². The molecule has 3 heterocycles. The fraction of sp³-hybridized carbons (Fsp3) is 0.364. The number of carbonyl (C=O) groups is 1. The number of aromatic nitrogens is 3. The average Bonchev–Trinajstić information content (AvgIpc) is 3.28. The van der Waals surface area contributed by atoms with Crippen LogP contribution in [0.5, 0.6) is 0 Å². The highest BCUT2D eigenvalue weighted by atomic mass is 16.2. The molecule has 0 spiro atoms. The number of benzene rings is 1. The van der Waals surface area contributed by atoms with Gasteiger partial charge in [-0.2, -0.15) is 0 Å². The van der Waals surface area contributed by atoms with Crippen molar-refractivity contribution in [1.82, 2.24) is 19.9 Å². The van der Waals surface area contributed by atoms with Crippen LogP contribution in [0, 0.1) is 19.8 Å². The maximum Gasteiger partial charge on any atom is 0.223 e. The summed E-state index contributed by atoms with van der Waals surface area (Å²) in [4.78, 5) is 27.8. The quantitative estimate of drug-likeness (QED) is 0.717. The van der Waals surface area contributed by atoms with Crippen molar-refractivity contribution >= 4 is 16.8 Å². The second-order valence-corrected chi connectivity index (χ2v) is 7.90. The van der Waals surface area contributed by atoms with E-state index in [0.29, 0.717) is 31.3 Å². The van der Waals surface area contributed by atoms with Crippen LogP contribution in [0.4, 0.5) is 0 Å². The molecule has 0 saturated heterocycles. The molecule has 1 aromatic carbocycles. The number of pyridine rings is 1. The van der Waals surface area contributed by atoms with E-state index in [1.165, 1.54) is 16.7 Å². The van der Waals surface area contributed by atoms with E-state index in [9.17, 15) is 4.79 Å². The van der Waals surface area contributed by atoms with E-state index in [2.05, 4.69) is 46.1 Å². The van der Waals surface area contributed by atoms with Crippen molar-refractivity contribution < 1.29 is 4.79 Å². The minimum absolute atomic E-state index is 0.251. The summed E-state index contributed by atoms with van der Waals surface area (Å²) in [6.07, 6.45) is 5.13. The van der Waals surface area contributed by atoms with Crippen LogP contribution in [-0.4, -0.2) is 25.8 Å². The molecule has 1 amide bonds. The summed E-state index contributed by atoms with van der Waals surface area (Å²) in [6.45, 7) is 5.49. The van der Waals surface area contributed by atoms with Gasteiger partial charge in [-0.1, -0.05) is 12.1 Å². The maximum atomic E-state index is 12.8. The van der Waals surface area contributed by atoms with Gasteiger partial charge >= 0.3 is 0 Å². The molecule has 1 aliphatic carbocycles. The third-order valence-electron chi connectivity index (χ3n) is 5.92. The van der Waals surface area contributed by atoms with Gasteiger partial charge < -0.3 is 4.90 Å². The largest absolute Gasteiger partial charge is 0.332 e. The normalized spacial score (nSPS) is 20.7. The Labute approximate surface area is 158 Å². The van der Waals surface area contributed by atoms with Crippen molar-refractivity contribution in [2.24, 2.45) is 5.92 Å². The Bertz CT molecular complexity index is 1060. The van der Waals surface area contributed by atoms with Crippen molar-refractivity contribution in [1.29, 1.82) is 0 Å². The van der Waals surface area contributed by atoms with Crippen molar-refractivity contribution in [3.8, 4) is 0 Å². The lowest BCUT2D eigenvalue weighted by molar-refractivity contribution is -0.132. The summed E-state index contributed by atoms with van der Waals surface area (Å²) >= 11 is 0. The molecule has 1 saturated carbocycles. The van der Waals surface area contributed by atoms with Gasteiger partial charge in [-0.3, -0.25) is 9.78 Å². The Kier molecular flexibility index (Phi) is 3.71. The summed E-state index contributed by atoms with van der Waals surface area (Å²) < 4.78 is 0. The Balaban J connectivity index is 1.26. The third kappa shape index (κ3) is 2.97. The summed E-state index contributed by atoms with van der Waals surface area (Å²) in [6, 6.07) is 8.49. The second kappa shape index (κ2) is 6.12. The van der Waals surface area contributed by atoms with Gasteiger partial charge in [0.25, 0.3) is 0 Å². The van der Waals surface area contributed by atoms with E-state index in [0.717, 1.165) is 28.7 Å². The molecule has 5 nitrogen and oxygen atoms in total. The Hall–Kier alpha value is -2.82. The first kappa shape index (κ1) is 16.4. The minimum Gasteiger partial charge on any atom is -0.332 e. The molecule has 5 rings (SSSR count). The molecule has 0 unspecified atom stereocenters. The van der Waals surface area contributed by atoms with Crippen LogP contribution in [0.15, 0.2) is 36.8 Å². The average molecular weight is 358 g/mol. The zero-order chi connectivity index (χ0) is 18.5. The number of fused-ring (bicyclic) bond motifs is 2. The SMILES string of the molecule is Cc1cc(C)c2c(n1)CN(C(=O)C[C@@H]1C[C@H]1c1ccc3cncnc3c1)C2. The topological polar surface area (TPSA) is 59.0 Å². The number of aryl methyl sites for hydroxylation is 2. The van der Waals surface area contributed by atoms with E-state index in [1.807, 2.05) is 18.0 Å². The monoisotopic (exact) mass is 358 g/mol. The van der Waals surface area contributed by atoms with Gasteiger partial charge in [0, 0.05) is 30.2 Å². The lowest BCUT2D eigenvalue weighted by Crippen LogP contribution is -2.25. The molecule has 2 aromatic heterocycles. The fourth-order valence-corrected chi connectivity index (χ4v) is 4.35. The number of carbonyl (C=O) groups excluding carboxylic acids is 1.